The van der Waals surface area contributed by atoms with E-state index >= 15 is 0 Å². The maximum absolute atomic E-state index is 12.7. The number of benzene rings is 1. The molecule has 106 valence electrons. The molecule has 1 aromatic carbocycles. The standard InChI is InChI=1S/C11H14ClFNO4P/c1-3-17-11(15)8(2)14-19(12,16)18-10-6-4-9(13)5-7-10/h4-8H,3H2,1-2H3,(H,14,16)/t8-,19?/m0/s1. The molecule has 0 aromatic heterocycles. The van der Waals surface area contributed by atoms with Gasteiger partial charge in [-0.05, 0) is 38.1 Å². The molecule has 1 rings (SSSR count). The van der Waals surface area contributed by atoms with E-state index in [1.165, 1.54) is 19.1 Å². The largest absolute Gasteiger partial charge is 0.465 e. The van der Waals surface area contributed by atoms with E-state index in [9.17, 15) is 13.8 Å². The Bertz CT molecular complexity index is 482. The van der Waals surface area contributed by atoms with Gasteiger partial charge in [0.05, 0.1) is 6.61 Å². The minimum absolute atomic E-state index is 0.128. The second-order valence-corrected chi connectivity index (χ2v) is 6.36. The van der Waals surface area contributed by atoms with Crippen LogP contribution in [0.2, 0.25) is 0 Å². The normalized spacial score (nSPS) is 15.4. The lowest BCUT2D eigenvalue weighted by Crippen LogP contribution is -2.33. The van der Waals surface area contributed by atoms with Crippen LogP contribution in [-0.4, -0.2) is 18.6 Å². The average molecular weight is 310 g/mol. The third-order valence-electron chi connectivity index (χ3n) is 2.02. The van der Waals surface area contributed by atoms with Gasteiger partial charge in [0.25, 0.3) is 0 Å². The third kappa shape index (κ3) is 5.59. The zero-order valence-electron chi connectivity index (χ0n) is 10.4. The Morgan fingerprint density at radius 2 is 2.05 bits per heavy atom. The fourth-order valence-corrected chi connectivity index (χ4v) is 2.90. The molecule has 0 aliphatic heterocycles. The van der Waals surface area contributed by atoms with Crippen LogP contribution in [0.1, 0.15) is 13.8 Å². The van der Waals surface area contributed by atoms with Gasteiger partial charge in [0.2, 0.25) is 0 Å². The Balaban J connectivity index is 2.63. The van der Waals surface area contributed by atoms with Crippen molar-refractivity contribution < 1.29 is 23.0 Å². The number of ether oxygens (including phenoxy) is 1. The molecular weight excluding hydrogens is 296 g/mol. The van der Waals surface area contributed by atoms with Gasteiger partial charge < -0.3 is 9.26 Å². The second kappa shape index (κ2) is 6.89. The molecule has 0 aliphatic carbocycles. The number of rotatable bonds is 6. The number of carbonyl (C=O) groups excluding carboxylic acids is 1. The van der Waals surface area contributed by atoms with Gasteiger partial charge in [-0.25, -0.2) is 14.0 Å². The van der Waals surface area contributed by atoms with Crippen LogP contribution in [0.25, 0.3) is 0 Å². The average Bonchev–Trinajstić information content (AvgIpc) is 2.31. The summed E-state index contributed by atoms with van der Waals surface area (Å²) in [5.41, 5.74) is 0. The van der Waals surface area contributed by atoms with Gasteiger partial charge in [-0.2, -0.15) is 0 Å². The molecule has 8 heteroatoms. The van der Waals surface area contributed by atoms with E-state index in [-0.39, 0.29) is 12.4 Å². The Morgan fingerprint density at radius 3 is 2.58 bits per heavy atom. The summed E-state index contributed by atoms with van der Waals surface area (Å²) in [6.45, 7) is -0.461. The number of hydrogen-bond donors (Lipinski definition) is 1. The molecule has 1 N–H and O–H groups in total. The monoisotopic (exact) mass is 309 g/mol. The molecule has 0 fully saturated rings. The van der Waals surface area contributed by atoms with E-state index in [0.717, 1.165) is 12.1 Å². The first-order chi connectivity index (χ1) is 8.84. The topological polar surface area (TPSA) is 64.6 Å². The van der Waals surface area contributed by atoms with Crippen molar-refractivity contribution >= 4 is 24.1 Å². The van der Waals surface area contributed by atoms with Gasteiger partial charge in [0.1, 0.15) is 17.6 Å². The fourth-order valence-electron chi connectivity index (χ4n) is 1.21. The summed E-state index contributed by atoms with van der Waals surface area (Å²) < 4.78 is 34.3. The zero-order valence-corrected chi connectivity index (χ0v) is 12.1. The molecule has 0 bridgehead atoms. The molecule has 0 amide bonds. The fraction of sp³-hybridized carbons (Fsp3) is 0.364. The summed E-state index contributed by atoms with van der Waals surface area (Å²) in [5.74, 6) is -0.918. The van der Waals surface area contributed by atoms with Gasteiger partial charge in [-0.15, -0.1) is 0 Å². The Hall–Kier alpha value is -1.10. The predicted octanol–water partition coefficient (Wildman–Crippen LogP) is 3.09. The van der Waals surface area contributed by atoms with Crippen LogP contribution in [0.3, 0.4) is 0 Å². The molecule has 0 heterocycles. The lowest BCUT2D eigenvalue weighted by molar-refractivity contribution is -0.144. The van der Waals surface area contributed by atoms with Gasteiger partial charge in [-0.1, -0.05) is 0 Å². The van der Waals surface area contributed by atoms with E-state index in [2.05, 4.69) is 5.09 Å². The van der Waals surface area contributed by atoms with Crippen molar-refractivity contribution in [2.24, 2.45) is 0 Å². The van der Waals surface area contributed by atoms with Crippen LogP contribution in [0.5, 0.6) is 5.75 Å². The first kappa shape index (κ1) is 16.0. The van der Waals surface area contributed by atoms with E-state index in [0.29, 0.717) is 0 Å². The maximum Gasteiger partial charge on any atom is 0.409 e. The van der Waals surface area contributed by atoms with Crippen molar-refractivity contribution in [1.29, 1.82) is 0 Å². The lowest BCUT2D eigenvalue weighted by Gasteiger charge is -2.17. The molecule has 5 nitrogen and oxygen atoms in total. The summed E-state index contributed by atoms with van der Waals surface area (Å²) >= 11 is 5.67. The van der Waals surface area contributed by atoms with Gasteiger partial charge in [0, 0.05) is 11.2 Å². The van der Waals surface area contributed by atoms with Crippen molar-refractivity contribution in [2.75, 3.05) is 6.61 Å². The molecule has 0 saturated heterocycles. The molecular formula is C11H14ClFNO4P. The van der Waals surface area contributed by atoms with Crippen LogP contribution in [0, 0.1) is 5.82 Å². The second-order valence-electron chi connectivity index (χ2n) is 3.63. The molecule has 0 aliphatic rings. The predicted molar refractivity (Wildman–Crippen MR) is 69.7 cm³/mol. The lowest BCUT2D eigenvalue weighted by atomic mass is 10.3. The molecule has 0 spiro atoms. The first-order valence-electron chi connectivity index (χ1n) is 5.53. The third-order valence-corrected chi connectivity index (χ3v) is 3.67. The van der Waals surface area contributed by atoms with E-state index in [1.807, 2.05) is 0 Å². The Labute approximate surface area is 115 Å². The first-order valence-corrected chi connectivity index (χ1v) is 8.06. The van der Waals surface area contributed by atoms with Crippen LogP contribution in [0.4, 0.5) is 4.39 Å². The van der Waals surface area contributed by atoms with E-state index in [1.54, 1.807) is 6.92 Å². The highest BCUT2D eigenvalue weighted by Crippen LogP contribution is 2.48. The highest BCUT2D eigenvalue weighted by molar-refractivity contribution is 7.84. The van der Waals surface area contributed by atoms with Crippen molar-refractivity contribution in [3.05, 3.63) is 30.1 Å². The number of nitrogens with one attached hydrogen (secondary N) is 1. The minimum atomic E-state index is -3.76. The van der Waals surface area contributed by atoms with Crippen molar-refractivity contribution in [3.63, 3.8) is 0 Å². The summed E-state index contributed by atoms with van der Waals surface area (Å²) in [4.78, 5) is 11.3. The Morgan fingerprint density at radius 1 is 1.47 bits per heavy atom. The SMILES string of the molecule is CCOC(=O)[C@H](C)NP(=O)(Cl)Oc1ccc(F)cc1. The van der Waals surface area contributed by atoms with Crippen LogP contribution in [0.15, 0.2) is 24.3 Å². The molecule has 1 aromatic rings. The summed E-state index contributed by atoms with van der Waals surface area (Å²) in [6, 6.07) is 3.95. The van der Waals surface area contributed by atoms with Crippen LogP contribution < -0.4 is 9.61 Å². The number of halogens is 2. The molecule has 19 heavy (non-hydrogen) atoms. The Kier molecular flexibility index (Phi) is 5.79. The van der Waals surface area contributed by atoms with Gasteiger partial charge in [0.15, 0.2) is 0 Å². The van der Waals surface area contributed by atoms with Gasteiger partial charge >= 0.3 is 12.8 Å². The summed E-state index contributed by atoms with van der Waals surface area (Å²) in [6.07, 6.45) is 0. The van der Waals surface area contributed by atoms with Crippen molar-refractivity contribution in [1.82, 2.24) is 5.09 Å². The van der Waals surface area contributed by atoms with Crippen molar-refractivity contribution in [3.8, 4) is 5.75 Å². The smallest absolute Gasteiger partial charge is 0.409 e. The molecule has 2 atom stereocenters. The molecule has 0 radical (unpaired) electrons. The maximum atomic E-state index is 12.7. The molecule has 1 unspecified atom stereocenters. The number of carbonyl (C=O) groups is 1. The number of esters is 1. The summed E-state index contributed by atoms with van der Waals surface area (Å²) in [5, 5.41) is 2.33. The zero-order chi connectivity index (χ0) is 14.5. The van der Waals surface area contributed by atoms with Crippen LogP contribution >= 0.6 is 18.1 Å². The van der Waals surface area contributed by atoms with E-state index < -0.39 is 24.7 Å². The minimum Gasteiger partial charge on any atom is -0.465 e. The quantitative estimate of drug-likeness (QED) is 0.646. The van der Waals surface area contributed by atoms with Gasteiger partial charge in [-0.3, -0.25) is 4.79 Å². The molecule has 0 saturated carbocycles. The highest BCUT2D eigenvalue weighted by Gasteiger charge is 2.27. The number of hydrogen-bond acceptors (Lipinski definition) is 4. The van der Waals surface area contributed by atoms with Crippen molar-refractivity contribution in [2.45, 2.75) is 19.9 Å². The summed E-state index contributed by atoms with van der Waals surface area (Å²) in [7, 11) is 0. The van der Waals surface area contributed by atoms with E-state index in [4.69, 9.17) is 20.5 Å². The van der Waals surface area contributed by atoms with Crippen LogP contribution in [-0.2, 0) is 14.1 Å². The highest BCUT2D eigenvalue weighted by atomic mass is 35.7.